The number of rotatable bonds is 9. The lowest BCUT2D eigenvalue weighted by molar-refractivity contribution is -0.124. The molecule has 1 saturated carbocycles. The third-order valence-electron chi connectivity index (χ3n) is 5.80. The van der Waals surface area contributed by atoms with Crippen molar-refractivity contribution in [1.29, 1.82) is 0 Å². The Morgan fingerprint density at radius 2 is 1.84 bits per heavy atom. The molecule has 0 aromatic heterocycles. The number of nitrogens with two attached hydrogens (primary N) is 1. The molecule has 9 heteroatoms. The van der Waals surface area contributed by atoms with E-state index in [0.29, 0.717) is 23.4 Å². The molecule has 3 N–H and O–H groups in total. The van der Waals surface area contributed by atoms with Crippen molar-refractivity contribution in [3.05, 3.63) is 64.7 Å². The molecule has 2 unspecified atom stereocenters. The standard InChI is InChI=1S/C22H24ClNO6S/c1-2-18(31(27,28)29)19(21(24)26)30-17-6-3-5-14(13-17)20(25)22(11-4-12-22)15-7-9-16(23)10-8-15/h3,5-10,13,18-19H,2,4,11-12H2,1H3,(H2,24,26)(H,27,28,29). The Morgan fingerprint density at radius 3 is 2.32 bits per heavy atom. The van der Waals surface area contributed by atoms with Crippen LogP contribution in [-0.2, 0) is 20.3 Å². The Bertz CT molecular complexity index is 1080. The van der Waals surface area contributed by atoms with Crippen LogP contribution >= 0.6 is 11.6 Å². The zero-order chi connectivity index (χ0) is 22.8. The Morgan fingerprint density at radius 1 is 1.19 bits per heavy atom. The van der Waals surface area contributed by atoms with Crippen LogP contribution in [0.2, 0.25) is 5.02 Å². The highest BCUT2D eigenvalue weighted by Crippen LogP contribution is 2.46. The Labute approximate surface area is 186 Å². The third-order valence-corrected chi connectivity index (χ3v) is 7.40. The molecule has 1 amide bonds. The molecule has 31 heavy (non-hydrogen) atoms. The molecule has 0 heterocycles. The minimum Gasteiger partial charge on any atom is -0.479 e. The van der Waals surface area contributed by atoms with Gasteiger partial charge in [-0.15, -0.1) is 0 Å². The second kappa shape index (κ2) is 8.98. The summed E-state index contributed by atoms with van der Waals surface area (Å²) in [5, 5.41) is -0.931. The maximum absolute atomic E-state index is 13.4. The SMILES string of the molecule is CCC(C(Oc1cccc(C(=O)C2(c3ccc(Cl)cc3)CCC2)c1)C(N)=O)S(=O)(=O)O. The van der Waals surface area contributed by atoms with Gasteiger partial charge in [-0.1, -0.05) is 49.2 Å². The van der Waals surface area contributed by atoms with Crippen LogP contribution in [0.1, 0.15) is 48.5 Å². The number of carbonyl (C=O) groups excluding carboxylic acids is 2. The second-order valence-corrected chi connectivity index (χ2v) is 9.77. The number of Topliss-reactive ketones (excluding diaryl/α,β-unsaturated/α-hetero) is 1. The number of ether oxygens (including phenoxy) is 1. The van der Waals surface area contributed by atoms with Crippen LogP contribution in [0.5, 0.6) is 5.75 Å². The molecule has 0 spiro atoms. The molecule has 0 bridgehead atoms. The van der Waals surface area contributed by atoms with E-state index >= 15 is 0 Å². The van der Waals surface area contributed by atoms with E-state index in [2.05, 4.69) is 0 Å². The van der Waals surface area contributed by atoms with E-state index in [-0.39, 0.29) is 18.0 Å². The van der Waals surface area contributed by atoms with Gasteiger partial charge in [0.1, 0.15) is 11.0 Å². The summed E-state index contributed by atoms with van der Waals surface area (Å²) in [6.07, 6.45) is 0.636. The molecule has 2 atom stereocenters. The third kappa shape index (κ3) is 4.76. The fourth-order valence-corrected chi connectivity index (χ4v) is 5.03. The number of primary amides is 1. The summed E-state index contributed by atoms with van der Waals surface area (Å²) < 4.78 is 38.3. The zero-order valence-corrected chi connectivity index (χ0v) is 18.5. The van der Waals surface area contributed by atoms with Gasteiger partial charge >= 0.3 is 0 Å². The molecule has 7 nitrogen and oxygen atoms in total. The van der Waals surface area contributed by atoms with Crippen LogP contribution in [-0.4, -0.2) is 36.0 Å². The highest BCUT2D eigenvalue weighted by molar-refractivity contribution is 7.86. The van der Waals surface area contributed by atoms with E-state index in [9.17, 15) is 22.6 Å². The molecule has 0 radical (unpaired) electrons. The van der Waals surface area contributed by atoms with Gasteiger partial charge in [-0.2, -0.15) is 8.42 Å². The van der Waals surface area contributed by atoms with Crippen molar-refractivity contribution in [2.75, 3.05) is 0 Å². The molecule has 1 aliphatic rings. The first kappa shape index (κ1) is 23.2. The predicted octanol–water partition coefficient (Wildman–Crippen LogP) is 3.54. The van der Waals surface area contributed by atoms with Gasteiger partial charge in [0.05, 0.1) is 5.41 Å². The van der Waals surface area contributed by atoms with Crippen molar-refractivity contribution in [2.45, 2.75) is 49.4 Å². The fraction of sp³-hybridized carbons (Fsp3) is 0.364. The van der Waals surface area contributed by atoms with E-state index in [1.165, 1.54) is 19.1 Å². The van der Waals surface area contributed by atoms with Gasteiger partial charge in [-0.25, -0.2) is 0 Å². The van der Waals surface area contributed by atoms with E-state index in [1.54, 1.807) is 24.3 Å². The monoisotopic (exact) mass is 465 g/mol. The second-order valence-electron chi connectivity index (χ2n) is 7.70. The average Bonchev–Trinajstić information content (AvgIpc) is 2.67. The Kier molecular flexibility index (Phi) is 6.73. The molecule has 0 aliphatic heterocycles. The summed E-state index contributed by atoms with van der Waals surface area (Å²) in [7, 11) is -4.57. The fourth-order valence-electron chi connectivity index (χ4n) is 3.98. The first-order chi connectivity index (χ1) is 14.6. The number of amides is 1. The molecule has 2 aromatic rings. The van der Waals surface area contributed by atoms with Crippen molar-refractivity contribution in [3.63, 3.8) is 0 Å². The lowest BCUT2D eigenvalue weighted by Crippen LogP contribution is -2.46. The Hall–Kier alpha value is -2.42. The zero-order valence-electron chi connectivity index (χ0n) is 17.0. The van der Waals surface area contributed by atoms with E-state index in [0.717, 1.165) is 12.0 Å². The summed E-state index contributed by atoms with van der Waals surface area (Å²) in [5.74, 6) is -1.01. The maximum Gasteiger partial charge on any atom is 0.272 e. The van der Waals surface area contributed by atoms with Gasteiger partial charge in [0, 0.05) is 10.6 Å². The summed E-state index contributed by atoms with van der Waals surface area (Å²) in [6.45, 7) is 1.49. The van der Waals surface area contributed by atoms with Crippen LogP contribution in [0, 0.1) is 0 Å². The average molecular weight is 466 g/mol. The van der Waals surface area contributed by atoms with Crippen LogP contribution in [0.25, 0.3) is 0 Å². The predicted molar refractivity (Wildman–Crippen MR) is 117 cm³/mol. The minimum atomic E-state index is -4.57. The number of carbonyl (C=O) groups is 2. The summed E-state index contributed by atoms with van der Waals surface area (Å²) >= 11 is 5.98. The first-order valence-electron chi connectivity index (χ1n) is 9.91. The lowest BCUT2D eigenvalue weighted by atomic mass is 9.61. The summed E-state index contributed by atoms with van der Waals surface area (Å²) in [5.41, 5.74) is 5.92. The Balaban J connectivity index is 1.91. The van der Waals surface area contributed by atoms with E-state index in [1.807, 2.05) is 12.1 Å². The highest BCUT2D eigenvalue weighted by atomic mass is 35.5. The maximum atomic E-state index is 13.4. The number of benzene rings is 2. The summed E-state index contributed by atoms with van der Waals surface area (Å²) in [4.78, 5) is 25.3. The first-order valence-corrected chi connectivity index (χ1v) is 11.8. The highest BCUT2D eigenvalue weighted by Gasteiger charge is 2.46. The van der Waals surface area contributed by atoms with Gasteiger partial charge in [-0.3, -0.25) is 14.1 Å². The molecule has 166 valence electrons. The van der Waals surface area contributed by atoms with Crippen LogP contribution < -0.4 is 10.5 Å². The van der Waals surface area contributed by atoms with Gasteiger partial charge in [0.2, 0.25) is 0 Å². The number of hydrogen-bond donors (Lipinski definition) is 2. The van der Waals surface area contributed by atoms with Gasteiger partial charge < -0.3 is 10.5 Å². The quantitative estimate of drug-likeness (QED) is 0.431. The van der Waals surface area contributed by atoms with Crippen molar-refractivity contribution in [1.82, 2.24) is 0 Å². The van der Waals surface area contributed by atoms with Crippen molar-refractivity contribution in [2.24, 2.45) is 5.73 Å². The van der Waals surface area contributed by atoms with Crippen molar-refractivity contribution >= 4 is 33.4 Å². The normalized spacial score (nSPS) is 17.3. The van der Waals surface area contributed by atoms with Gasteiger partial charge in [-0.05, 0) is 49.1 Å². The van der Waals surface area contributed by atoms with Crippen molar-refractivity contribution < 1.29 is 27.3 Å². The van der Waals surface area contributed by atoms with Crippen LogP contribution in [0.15, 0.2) is 48.5 Å². The molecule has 1 fully saturated rings. The molecule has 3 rings (SSSR count). The molecule has 0 saturated heterocycles. The van der Waals surface area contributed by atoms with Gasteiger partial charge in [0.25, 0.3) is 16.0 Å². The lowest BCUT2D eigenvalue weighted by Gasteiger charge is -2.41. The van der Waals surface area contributed by atoms with E-state index < -0.39 is 32.8 Å². The smallest absolute Gasteiger partial charge is 0.272 e. The minimum absolute atomic E-state index is 0.0786. The molecular weight excluding hydrogens is 442 g/mol. The largest absolute Gasteiger partial charge is 0.479 e. The number of ketones is 1. The van der Waals surface area contributed by atoms with Gasteiger partial charge in [0.15, 0.2) is 11.9 Å². The van der Waals surface area contributed by atoms with Crippen LogP contribution in [0.3, 0.4) is 0 Å². The number of halogens is 1. The number of hydrogen-bond acceptors (Lipinski definition) is 5. The summed E-state index contributed by atoms with van der Waals surface area (Å²) in [6, 6.07) is 13.4. The molecule has 1 aliphatic carbocycles. The topological polar surface area (TPSA) is 124 Å². The van der Waals surface area contributed by atoms with Crippen molar-refractivity contribution in [3.8, 4) is 5.75 Å². The van der Waals surface area contributed by atoms with Crippen LogP contribution in [0.4, 0.5) is 0 Å². The van der Waals surface area contributed by atoms with E-state index in [4.69, 9.17) is 22.1 Å². The molecular formula is C22H24ClNO6S. The molecule has 2 aromatic carbocycles.